The smallest absolute Gasteiger partial charge is 0.301 e. The third-order valence-corrected chi connectivity index (χ3v) is 9.47. The number of rotatable bonds is 26. The molecule has 0 aromatic rings. The van der Waals surface area contributed by atoms with Crippen molar-refractivity contribution in [2.24, 2.45) is 5.92 Å². The topological polar surface area (TPSA) is 38.8 Å². The highest BCUT2D eigenvalue weighted by Crippen LogP contribution is 2.29. The van der Waals surface area contributed by atoms with Gasteiger partial charge >= 0.3 is 6.41 Å². The zero-order valence-electron chi connectivity index (χ0n) is 26.8. The molecule has 3 atom stereocenters. The lowest BCUT2D eigenvalue weighted by Gasteiger charge is -2.41. The van der Waals surface area contributed by atoms with Gasteiger partial charge < -0.3 is 9.47 Å². The van der Waals surface area contributed by atoms with Crippen molar-refractivity contribution in [3.05, 3.63) is 12.2 Å². The number of nitrogens with zero attached hydrogens (tertiary/aromatic N) is 2. The van der Waals surface area contributed by atoms with Crippen LogP contribution in [0.1, 0.15) is 135 Å². The fourth-order valence-electron chi connectivity index (χ4n) is 6.65. The lowest BCUT2D eigenvalue weighted by atomic mass is 9.87. The highest BCUT2D eigenvalue weighted by Gasteiger charge is 2.38. The minimum atomic E-state index is 0.354. The summed E-state index contributed by atoms with van der Waals surface area (Å²) in [6.07, 6.45) is 32.3. The lowest BCUT2D eigenvalue weighted by molar-refractivity contribution is -0.856. The van der Waals surface area contributed by atoms with Gasteiger partial charge in [-0.05, 0) is 38.6 Å². The van der Waals surface area contributed by atoms with Crippen molar-refractivity contribution in [2.45, 2.75) is 141 Å². The molecule has 2 rings (SSSR count). The Morgan fingerprint density at radius 1 is 0.775 bits per heavy atom. The molecule has 0 spiro atoms. The van der Waals surface area contributed by atoms with E-state index in [1.807, 2.05) is 0 Å². The third kappa shape index (κ3) is 16.0. The van der Waals surface area contributed by atoms with Crippen LogP contribution in [0.2, 0.25) is 0 Å². The van der Waals surface area contributed by atoms with Gasteiger partial charge in [0.25, 0.3) is 0 Å². The number of hydrogen-bond donors (Lipinski definition) is 0. The number of ether oxygens (including phenoxy) is 2. The average Bonchev–Trinajstić information content (AvgIpc) is 2.99. The van der Waals surface area contributed by atoms with E-state index in [2.05, 4.69) is 31.0 Å². The largest absolute Gasteiger partial charge is 0.381 e. The number of carbonyl (C=O) groups excluding carboxylic acids is 1. The molecule has 0 aromatic carbocycles. The van der Waals surface area contributed by atoms with Crippen molar-refractivity contribution in [2.75, 3.05) is 59.7 Å². The molecule has 0 aromatic heterocycles. The molecule has 40 heavy (non-hydrogen) atoms. The van der Waals surface area contributed by atoms with Crippen molar-refractivity contribution in [3.63, 3.8) is 0 Å². The van der Waals surface area contributed by atoms with E-state index in [4.69, 9.17) is 9.47 Å². The Balaban J connectivity index is 1.49. The summed E-state index contributed by atoms with van der Waals surface area (Å²) in [5.41, 5.74) is 0. The fraction of sp³-hybridized carbons (Fsp3) is 0.914. The minimum absolute atomic E-state index is 0.354. The van der Waals surface area contributed by atoms with Gasteiger partial charge in [-0.3, -0.25) is 9.38 Å². The van der Waals surface area contributed by atoms with Crippen molar-refractivity contribution in [1.29, 1.82) is 0 Å². The quantitative estimate of drug-likeness (QED) is 0.0459. The molecule has 5 heteroatoms. The fourth-order valence-corrected chi connectivity index (χ4v) is 6.65. The number of quaternary nitrogens is 1. The van der Waals surface area contributed by atoms with E-state index in [1.54, 1.807) is 0 Å². The molecule has 1 aliphatic heterocycles. The van der Waals surface area contributed by atoms with E-state index in [-0.39, 0.29) is 0 Å². The van der Waals surface area contributed by atoms with E-state index in [9.17, 15) is 4.79 Å². The maximum atomic E-state index is 12.3. The molecule has 0 saturated carbocycles. The molecule has 2 aliphatic rings. The van der Waals surface area contributed by atoms with Crippen LogP contribution >= 0.6 is 0 Å². The Hall–Kier alpha value is -0.750. The summed E-state index contributed by atoms with van der Waals surface area (Å²) in [6, 6.07) is 0.354. The monoisotopic (exact) mass is 564 g/mol. The second-order valence-corrected chi connectivity index (χ2v) is 13.0. The Morgan fingerprint density at radius 3 is 1.90 bits per heavy atom. The van der Waals surface area contributed by atoms with E-state index in [0.29, 0.717) is 16.4 Å². The van der Waals surface area contributed by atoms with Crippen molar-refractivity contribution in [1.82, 2.24) is 4.90 Å². The number of amides is 1. The Morgan fingerprint density at radius 2 is 1.32 bits per heavy atom. The van der Waals surface area contributed by atoms with E-state index >= 15 is 0 Å². The SMILES string of the molecule is CCCCCCCCCCCCCCCCCC[N+](C)(C=O)C1CC=CCC1COCCCCN1CCOCC1. The maximum absolute atomic E-state index is 12.3. The molecule has 1 heterocycles. The summed E-state index contributed by atoms with van der Waals surface area (Å²) in [6.45, 7) is 9.92. The first-order chi connectivity index (χ1) is 19.7. The van der Waals surface area contributed by atoms with Gasteiger partial charge in [-0.1, -0.05) is 109 Å². The van der Waals surface area contributed by atoms with Crippen LogP contribution in [0.4, 0.5) is 0 Å². The minimum Gasteiger partial charge on any atom is -0.381 e. The molecule has 0 N–H and O–H groups in total. The first-order valence-electron chi connectivity index (χ1n) is 17.5. The van der Waals surface area contributed by atoms with Gasteiger partial charge in [0, 0.05) is 32.0 Å². The zero-order chi connectivity index (χ0) is 28.6. The van der Waals surface area contributed by atoms with Crippen LogP contribution in [0.5, 0.6) is 0 Å². The number of carbonyl (C=O) groups is 1. The summed E-state index contributed by atoms with van der Waals surface area (Å²) in [5.74, 6) is 0.445. The lowest BCUT2D eigenvalue weighted by Crippen LogP contribution is -2.56. The number of unbranched alkanes of at least 4 members (excludes halogenated alkanes) is 16. The normalized spacial score (nSPS) is 21.4. The van der Waals surface area contributed by atoms with Crippen molar-refractivity contribution in [3.8, 4) is 0 Å². The van der Waals surface area contributed by atoms with Crippen LogP contribution in [0.25, 0.3) is 0 Å². The van der Waals surface area contributed by atoms with Crippen LogP contribution in [-0.4, -0.2) is 81.5 Å². The molecular formula is C35H67N2O3+. The standard InChI is InChI=1S/C35H67N2O3/c1-3-4-5-6-7-8-9-10-11-12-13-14-15-16-17-21-28-37(2,33-38)35-24-19-18-23-34(35)32-40-29-22-20-25-36-26-30-39-31-27-36/h18-19,33-35H,3-17,20-32H2,1-2H3/q+1. The second kappa shape index (κ2) is 23.8. The molecule has 3 unspecified atom stereocenters. The van der Waals surface area contributed by atoms with E-state index in [0.717, 1.165) is 78.3 Å². The summed E-state index contributed by atoms with van der Waals surface area (Å²) >= 11 is 0. The van der Waals surface area contributed by atoms with Gasteiger partial charge in [0.2, 0.25) is 0 Å². The number of morpholine rings is 1. The predicted octanol–water partition coefficient (Wildman–Crippen LogP) is 8.31. The summed E-state index contributed by atoms with van der Waals surface area (Å²) in [4.78, 5) is 14.8. The number of allylic oxidation sites excluding steroid dienone is 1. The molecule has 1 aliphatic carbocycles. The molecule has 0 bridgehead atoms. The van der Waals surface area contributed by atoms with E-state index < -0.39 is 0 Å². The van der Waals surface area contributed by atoms with Crippen LogP contribution in [0.3, 0.4) is 0 Å². The van der Waals surface area contributed by atoms with Crippen LogP contribution in [0, 0.1) is 5.92 Å². The van der Waals surface area contributed by atoms with Gasteiger partial charge in [0.1, 0.15) is 6.04 Å². The van der Waals surface area contributed by atoms with Crippen LogP contribution < -0.4 is 0 Å². The molecule has 0 radical (unpaired) electrons. The first-order valence-corrected chi connectivity index (χ1v) is 17.5. The van der Waals surface area contributed by atoms with Crippen molar-refractivity contribution < 1.29 is 18.8 Å². The summed E-state index contributed by atoms with van der Waals surface area (Å²) in [7, 11) is 2.16. The third-order valence-electron chi connectivity index (χ3n) is 9.47. The van der Waals surface area contributed by atoms with E-state index in [1.165, 1.54) is 109 Å². The molecular weight excluding hydrogens is 496 g/mol. The Kier molecular flexibility index (Phi) is 21.1. The van der Waals surface area contributed by atoms with Crippen LogP contribution in [-0.2, 0) is 14.3 Å². The van der Waals surface area contributed by atoms with Gasteiger partial charge in [-0.15, -0.1) is 0 Å². The van der Waals surface area contributed by atoms with Gasteiger partial charge in [0.15, 0.2) is 0 Å². The highest BCUT2D eigenvalue weighted by molar-refractivity contribution is 5.37. The number of hydrogen-bond acceptors (Lipinski definition) is 4. The summed E-state index contributed by atoms with van der Waals surface area (Å²) < 4.78 is 12.2. The first kappa shape index (κ1) is 35.4. The molecule has 1 saturated heterocycles. The van der Waals surface area contributed by atoms with Crippen molar-refractivity contribution >= 4 is 6.41 Å². The van der Waals surface area contributed by atoms with Gasteiger partial charge in [0.05, 0.1) is 33.4 Å². The average molecular weight is 564 g/mol. The van der Waals surface area contributed by atoms with Crippen LogP contribution in [0.15, 0.2) is 12.2 Å². The highest BCUT2D eigenvalue weighted by atomic mass is 16.5. The molecule has 1 fully saturated rings. The summed E-state index contributed by atoms with van der Waals surface area (Å²) in [5, 5.41) is 0. The zero-order valence-corrected chi connectivity index (χ0v) is 26.8. The van der Waals surface area contributed by atoms with Gasteiger partial charge in [-0.2, -0.15) is 0 Å². The Bertz CT molecular complexity index is 622. The van der Waals surface area contributed by atoms with Gasteiger partial charge in [-0.25, -0.2) is 4.79 Å². The molecule has 5 nitrogen and oxygen atoms in total. The maximum Gasteiger partial charge on any atom is 0.301 e. The molecule has 1 amide bonds. The molecule has 234 valence electrons. The Labute approximate surface area is 249 Å². The second-order valence-electron chi connectivity index (χ2n) is 13.0. The predicted molar refractivity (Wildman–Crippen MR) is 170 cm³/mol.